The van der Waals surface area contributed by atoms with Crippen molar-refractivity contribution in [2.24, 2.45) is 17.6 Å². The number of rotatable bonds is 6. The number of Topliss-reactive ketones (excluding diaryl/α,β-unsaturated/α-hetero) is 1. The lowest BCUT2D eigenvalue weighted by molar-refractivity contribution is -0.128. The van der Waals surface area contributed by atoms with Gasteiger partial charge in [0.15, 0.2) is 5.78 Å². The number of piperidine rings is 1. The topological polar surface area (TPSA) is 75.4 Å². The van der Waals surface area contributed by atoms with Crippen molar-refractivity contribution in [3.05, 3.63) is 0 Å². The molecule has 1 rings (SSSR count). The molecule has 116 valence electrons. The molecule has 0 aromatic rings. The largest absolute Gasteiger partial charge is 0.345 e. The minimum atomic E-state index is -0.378. The van der Waals surface area contributed by atoms with E-state index in [4.69, 9.17) is 5.73 Å². The molecular weight excluding hydrogens is 254 g/mol. The molecule has 0 spiro atoms. The number of nitrogens with zero attached hydrogens (tertiary/aromatic N) is 1. The first-order valence-electron chi connectivity index (χ1n) is 7.62. The number of carbonyl (C=O) groups excluding carboxylic acids is 2. The zero-order chi connectivity index (χ0) is 15.3. The monoisotopic (exact) mass is 283 g/mol. The fourth-order valence-electron chi connectivity index (χ4n) is 2.86. The Bertz CT molecular complexity index is 344. The van der Waals surface area contributed by atoms with Gasteiger partial charge in [-0.25, -0.2) is 0 Å². The summed E-state index contributed by atoms with van der Waals surface area (Å²) in [6, 6.07) is -0.128. The number of hydrogen-bond acceptors (Lipinski definition) is 4. The van der Waals surface area contributed by atoms with Crippen LogP contribution in [0.15, 0.2) is 0 Å². The molecule has 1 amide bonds. The summed E-state index contributed by atoms with van der Waals surface area (Å²) in [5.41, 5.74) is 6.07. The highest BCUT2D eigenvalue weighted by atomic mass is 16.2. The molecular formula is C15H29N3O2. The average molecular weight is 283 g/mol. The first-order valence-corrected chi connectivity index (χ1v) is 7.62. The van der Waals surface area contributed by atoms with E-state index in [1.807, 2.05) is 13.8 Å². The van der Waals surface area contributed by atoms with Gasteiger partial charge in [0.2, 0.25) is 5.91 Å². The molecule has 1 aliphatic rings. The second-order valence-electron chi connectivity index (χ2n) is 6.26. The van der Waals surface area contributed by atoms with E-state index in [1.54, 1.807) is 0 Å². The van der Waals surface area contributed by atoms with Crippen LogP contribution in [0.4, 0.5) is 0 Å². The van der Waals surface area contributed by atoms with Gasteiger partial charge >= 0.3 is 0 Å². The van der Waals surface area contributed by atoms with Crippen molar-refractivity contribution in [2.75, 3.05) is 19.6 Å². The van der Waals surface area contributed by atoms with Crippen molar-refractivity contribution in [3.8, 4) is 0 Å². The maximum absolute atomic E-state index is 12.1. The molecule has 5 heteroatoms. The summed E-state index contributed by atoms with van der Waals surface area (Å²) in [6.07, 6.45) is 1.98. The molecule has 0 aromatic heterocycles. The number of ketones is 1. The van der Waals surface area contributed by atoms with Crippen LogP contribution in [0.1, 0.15) is 40.5 Å². The molecule has 1 aliphatic heterocycles. The lowest BCUT2D eigenvalue weighted by atomic mass is 9.91. The zero-order valence-corrected chi connectivity index (χ0v) is 13.2. The van der Waals surface area contributed by atoms with Gasteiger partial charge in [-0.1, -0.05) is 27.2 Å². The first kappa shape index (κ1) is 17.1. The van der Waals surface area contributed by atoms with Crippen molar-refractivity contribution in [2.45, 2.75) is 52.6 Å². The van der Waals surface area contributed by atoms with Crippen LogP contribution < -0.4 is 11.1 Å². The Morgan fingerprint density at radius 3 is 2.55 bits per heavy atom. The minimum absolute atomic E-state index is 0.0143. The molecule has 3 unspecified atom stereocenters. The summed E-state index contributed by atoms with van der Waals surface area (Å²) in [5.74, 6) is 0.532. The Labute approximate surface area is 122 Å². The van der Waals surface area contributed by atoms with Gasteiger partial charge in [0.1, 0.15) is 0 Å². The van der Waals surface area contributed by atoms with Crippen LogP contribution in [0.3, 0.4) is 0 Å². The van der Waals surface area contributed by atoms with Gasteiger partial charge in [-0.3, -0.25) is 14.5 Å². The highest BCUT2D eigenvalue weighted by Gasteiger charge is 2.27. The molecule has 3 N–H and O–H groups in total. The quantitative estimate of drug-likeness (QED) is 0.755. The predicted octanol–water partition coefficient (Wildman–Crippen LogP) is 0.775. The van der Waals surface area contributed by atoms with E-state index in [-0.39, 0.29) is 29.7 Å². The van der Waals surface area contributed by atoms with Gasteiger partial charge in [0.25, 0.3) is 0 Å². The molecule has 0 saturated carbocycles. The third kappa shape index (κ3) is 4.87. The van der Waals surface area contributed by atoms with Crippen LogP contribution in [0.2, 0.25) is 0 Å². The number of nitrogens with one attached hydrogen (secondary N) is 1. The number of hydrogen-bond donors (Lipinski definition) is 2. The number of nitrogens with two attached hydrogens (primary N) is 1. The second-order valence-corrected chi connectivity index (χ2v) is 6.26. The molecule has 0 aliphatic carbocycles. The van der Waals surface area contributed by atoms with Crippen molar-refractivity contribution in [3.63, 3.8) is 0 Å². The minimum Gasteiger partial charge on any atom is -0.345 e. The van der Waals surface area contributed by atoms with Crippen LogP contribution in [-0.2, 0) is 9.59 Å². The summed E-state index contributed by atoms with van der Waals surface area (Å²) in [4.78, 5) is 25.7. The average Bonchev–Trinajstić information content (AvgIpc) is 2.37. The molecule has 1 saturated heterocycles. The van der Waals surface area contributed by atoms with Crippen molar-refractivity contribution < 1.29 is 9.59 Å². The SMILES string of the molecule is CCC1CN(CC(=O)NC(C(C)=O)C(C)C)CCC1N. The first-order chi connectivity index (χ1) is 9.35. The smallest absolute Gasteiger partial charge is 0.234 e. The maximum atomic E-state index is 12.1. The molecule has 0 bridgehead atoms. The van der Waals surface area contributed by atoms with E-state index in [0.29, 0.717) is 12.5 Å². The van der Waals surface area contributed by atoms with Crippen molar-refractivity contribution in [1.82, 2.24) is 10.2 Å². The maximum Gasteiger partial charge on any atom is 0.234 e. The summed E-state index contributed by atoms with van der Waals surface area (Å²) < 4.78 is 0. The summed E-state index contributed by atoms with van der Waals surface area (Å²) >= 11 is 0. The highest BCUT2D eigenvalue weighted by Crippen LogP contribution is 2.18. The van der Waals surface area contributed by atoms with E-state index < -0.39 is 0 Å². The Balaban J connectivity index is 2.48. The summed E-state index contributed by atoms with van der Waals surface area (Å²) in [6.45, 7) is 9.64. The lowest BCUT2D eigenvalue weighted by Crippen LogP contribution is -2.52. The lowest BCUT2D eigenvalue weighted by Gasteiger charge is -2.36. The van der Waals surface area contributed by atoms with Crippen LogP contribution >= 0.6 is 0 Å². The van der Waals surface area contributed by atoms with E-state index >= 15 is 0 Å². The van der Waals surface area contributed by atoms with Crippen molar-refractivity contribution in [1.29, 1.82) is 0 Å². The van der Waals surface area contributed by atoms with Gasteiger partial charge in [-0.2, -0.15) is 0 Å². The van der Waals surface area contributed by atoms with Crippen molar-refractivity contribution >= 4 is 11.7 Å². The van der Waals surface area contributed by atoms with Gasteiger partial charge in [0.05, 0.1) is 12.6 Å². The molecule has 3 atom stereocenters. The fourth-order valence-corrected chi connectivity index (χ4v) is 2.86. The Hall–Kier alpha value is -0.940. The number of likely N-dealkylation sites (tertiary alicyclic amines) is 1. The summed E-state index contributed by atoms with van der Waals surface area (Å²) in [7, 11) is 0. The molecule has 1 heterocycles. The third-order valence-electron chi connectivity index (χ3n) is 4.19. The van der Waals surface area contributed by atoms with Crippen LogP contribution in [0, 0.1) is 11.8 Å². The molecule has 1 fully saturated rings. The van der Waals surface area contributed by atoms with Gasteiger partial charge < -0.3 is 11.1 Å². The van der Waals surface area contributed by atoms with E-state index in [9.17, 15) is 9.59 Å². The molecule has 0 radical (unpaired) electrons. The fraction of sp³-hybridized carbons (Fsp3) is 0.867. The number of amides is 1. The molecule has 20 heavy (non-hydrogen) atoms. The van der Waals surface area contributed by atoms with Gasteiger partial charge in [-0.15, -0.1) is 0 Å². The zero-order valence-electron chi connectivity index (χ0n) is 13.2. The van der Waals surface area contributed by atoms with Gasteiger partial charge in [0, 0.05) is 19.1 Å². The highest BCUT2D eigenvalue weighted by molar-refractivity contribution is 5.88. The molecule has 0 aromatic carbocycles. The van der Waals surface area contributed by atoms with Crippen LogP contribution in [-0.4, -0.2) is 48.3 Å². The van der Waals surface area contributed by atoms with Crippen LogP contribution in [0.5, 0.6) is 0 Å². The van der Waals surface area contributed by atoms with E-state index in [0.717, 1.165) is 25.9 Å². The second kappa shape index (κ2) is 7.74. The van der Waals surface area contributed by atoms with Crippen LogP contribution in [0.25, 0.3) is 0 Å². The standard InChI is InChI=1S/C15H29N3O2/c1-5-12-8-18(7-6-13(12)16)9-14(20)17-15(10(2)3)11(4)19/h10,12-13,15H,5-9,16H2,1-4H3,(H,17,20). The van der Waals surface area contributed by atoms with E-state index in [2.05, 4.69) is 17.1 Å². The summed E-state index contributed by atoms with van der Waals surface area (Å²) in [5, 5.41) is 2.85. The molecule has 5 nitrogen and oxygen atoms in total. The third-order valence-corrected chi connectivity index (χ3v) is 4.19. The predicted molar refractivity (Wildman–Crippen MR) is 80.3 cm³/mol. The Morgan fingerprint density at radius 1 is 1.40 bits per heavy atom. The normalized spacial score (nSPS) is 25.5. The Kier molecular flexibility index (Phi) is 6.62. The van der Waals surface area contributed by atoms with E-state index in [1.165, 1.54) is 6.92 Å². The van der Waals surface area contributed by atoms with Gasteiger partial charge in [-0.05, 0) is 25.2 Å². The number of carbonyl (C=O) groups is 2. The Morgan fingerprint density at radius 2 is 2.05 bits per heavy atom.